The second-order valence-electron chi connectivity index (χ2n) is 7.24. The maximum absolute atomic E-state index is 10.8. The SMILES string of the molecule is CCC(=O)CCCNC(=O)OC.CCC(=O)CCCNC(=O)OC.CCC(=O)CCCNC(=O)OC. The summed E-state index contributed by atoms with van der Waals surface area (Å²) in [6, 6.07) is 0. The van der Waals surface area contributed by atoms with Gasteiger partial charge in [-0.05, 0) is 19.3 Å². The van der Waals surface area contributed by atoms with Crippen molar-refractivity contribution in [2.45, 2.75) is 78.6 Å². The van der Waals surface area contributed by atoms with Crippen LogP contribution >= 0.6 is 0 Å². The molecule has 36 heavy (non-hydrogen) atoms. The Hall–Kier alpha value is -3.18. The maximum atomic E-state index is 10.8. The largest absolute Gasteiger partial charge is 0.453 e. The van der Waals surface area contributed by atoms with Crippen molar-refractivity contribution in [2.75, 3.05) is 41.0 Å². The lowest BCUT2D eigenvalue weighted by atomic mass is 10.2. The first-order valence-electron chi connectivity index (χ1n) is 12.1. The number of ether oxygens (including phenoxy) is 3. The van der Waals surface area contributed by atoms with Crippen LogP contribution in [-0.2, 0) is 28.6 Å². The summed E-state index contributed by atoms with van der Waals surface area (Å²) >= 11 is 0. The zero-order valence-electron chi connectivity index (χ0n) is 22.7. The van der Waals surface area contributed by atoms with Crippen LogP contribution in [0.4, 0.5) is 14.4 Å². The van der Waals surface area contributed by atoms with Crippen molar-refractivity contribution in [3.8, 4) is 0 Å². The maximum Gasteiger partial charge on any atom is 0.406 e. The highest BCUT2D eigenvalue weighted by Gasteiger charge is 2.01. The first kappa shape index (κ1) is 37.4. The predicted octanol–water partition coefficient (Wildman–Crippen LogP) is 3.31. The van der Waals surface area contributed by atoms with Gasteiger partial charge in [0.15, 0.2) is 0 Å². The Kier molecular flexibility index (Phi) is 29.1. The molecule has 0 radical (unpaired) electrons. The van der Waals surface area contributed by atoms with Crippen LogP contribution in [-0.4, -0.2) is 76.6 Å². The van der Waals surface area contributed by atoms with Gasteiger partial charge in [0.2, 0.25) is 0 Å². The Morgan fingerprint density at radius 3 is 0.861 bits per heavy atom. The van der Waals surface area contributed by atoms with Gasteiger partial charge in [0.1, 0.15) is 17.3 Å². The van der Waals surface area contributed by atoms with Gasteiger partial charge in [-0.3, -0.25) is 14.4 Å². The summed E-state index contributed by atoms with van der Waals surface area (Å²) < 4.78 is 13.0. The predicted molar refractivity (Wildman–Crippen MR) is 135 cm³/mol. The van der Waals surface area contributed by atoms with Gasteiger partial charge in [-0.15, -0.1) is 0 Å². The van der Waals surface area contributed by atoms with Gasteiger partial charge in [0, 0.05) is 58.2 Å². The average molecular weight is 520 g/mol. The van der Waals surface area contributed by atoms with Gasteiger partial charge in [-0.1, -0.05) is 20.8 Å². The lowest BCUT2D eigenvalue weighted by Crippen LogP contribution is -2.24. The van der Waals surface area contributed by atoms with E-state index in [4.69, 9.17) is 0 Å². The number of methoxy groups -OCH3 is 3. The minimum Gasteiger partial charge on any atom is -0.453 e. The number of amides is 3. The molecule has 12 nitrogen and oxygen atoms in total. The number of hydrogen-bond acceptors (Lipinski definition) is 9. The summed E-state index contributed by atoms with van der Waals surface area (Å²) in [4.78, 5) is 63.9. The third-order valence-corrected chi connectivity index (χ3v) is 4.44. The summed E-state index contributed by atoms with van der Waals surface area (Å²) in [5.41, 5.74) is 0. The molecule has 0 aliphatic rings. The molecule has 12 heteroatoms. The van der Waals surface area contributed by atoms with E-state index in [9.17, 15) is 28.8 Å². The van der Waals surface area contributed by atoms with Crippen molar-refractivity contribution in [3.05, 3.63) is 0 Å². The minimum atomic E-state index is -0.445. The summed E-state index contributed by atoms with van der Waals surface area (Å²) in [5, 5.41) is 7.50. The van der Waals surface area contributed by atoms with Gasteiger partial charge >= 0.3 is 18.3 Å². The normalized spacial score (nSPS) is 9.17. The Morgan fingerprint density at radius 1 is 0.472 bits per heavy atom. The molecule has 0 fully saturated rings. The third-order valence-electron chi connectivity index (χ3n) is 4.44. The van der Waals surface area contributed by atoms with Crippen molar-refractivity contribution in [1.82, 2.24) is 16.0 Å². The summed E-state index contributed by atoms with van der Waals surface area (Å²) in [5.74, 6) is 0.671. The molecule has 0 aliphatic carbocycles. The van der Waals surface area contributed by atoms with Crippen LogP contribution in [0.1, 0.15) is 78.6 Å². The minimum absolute atomic E-state index is 0.224. The number of ketones is 3. The third kappa shape index (κ3) is 30.8. The van der Waals surface area contributed by atoms with E-state index in [1.807, 2.05) is 20.8 Å². The van der Waals surface area contributed by atoms with Crippen LogP contribution in [0, 0.1) is 0 Å². The monoisotopic (exact) mass is 519 g/mol. The molecule has 0 rings (SSSR count). The highest BCUT2D eigenvalue weighted by Crippen LogP contribution is 1.94. The van der Waals surface area contributed by atoms with Gasteiger partial charge < -0.3 is 30.2 Å². The number of carbonyl (C=O) groups is 6. The molecule has 0 aromatic heterocycles. The molecule has 0 bridgehead atoms. The Bertz CT molecular complexity index is 501. The summed E-state index contributed by atoms with van der Waals surface area (Å²) in [6.45, 7) is 6.98. The topological polar surface area (TPSA) is 166 Å². The van der Waals surface area contributed by atoms with Gasteiger partial charge in [-0.25, -0.2) is 14.4 Å². The van der Waals surface area contributed by atoms with E-state index in [-0.39, 0.29) is 17.3 Å². The highest BCUT2D eigenvalue weighted by molar-refractivity contribution is 5.78. The first-order valence-corrected chi connectivity index (χ1v) is 12.1. The molecule has 0 aliphatic heterocycles. The van der Waals surface area contributed by atoms with E-state index >= 15 is 0 Å². The smallest absolute Gasteiger partial charge is 0.406 e. The van der Waals surface area contributed by atoms with Crippen molar-refractivity contribution < 1.29 is 43.0 Å². The lowest BCUT2D eigenvalue weighted by Gasteiger charge is -2.01. The number of Topliss-reactive ketones (excluding diaryl/α,β-unsaturated/α-hetero) is 3. The van der Waals surface area contributed by atoms with Crippen LogP contribution in [0.3, 0.4) is 0 Å². The van der Waals surface area contributed by atoms with Crippen molar-refractivity contribution >= 4 is 35.6 Å². The zero-order chi connectivity index (χ0) is 28.2. The van der Waals surface area contributed by atoms with Crippen LogP contribution < -0.4 is 16.0 Å². The molecule has 0 saturated carbocycles. The first-order chi connectivity index (χ1) is 17.1. The standard InChI is InChI=1S/3C8H15NO3/c3*1-3-7(10)5-4-6-9-8(11)12-2/h3*3-6H2,1-2H3,(H,9,11). The molecule has 0 atom stereocenters. The zero-order valence-corrected chi connectivity index (χ0v) is 22.7. The van der Waals surface area contributed by atoms with Gasteiger partial charge in [0.05, 0.1) is 21.3 Å². The second-order valence-corrected chi connectivity index (χ2v) is 7.24. The van der Waals surface area contributed by atoms with Crippen LogP contribution in [0.2, 0.25) is 0 Å². The van der Waals surface area contributed by atoms with Gasteiger partial charge in [0.25, 0.3) is 0 Å². The Morgan fingerprint density at radius 2 is 0.694 bits per heavy atom. The fourth-order valence-electron chi connectivity index (χ4n) is 2.17. The molecule has 3 N–H and O–H groups in total. The van der Waals surface area contributed by atoms with E-state index in [2.05, 4.69) is 30.2 Å². The second kappa shape index (κ2) is 28.1. The molecular weight excluding hydrogens is 474 g/mol. The molecule has 0 aromatic rings. The number of hydrogen-bond donors (Lipinski definition) is 3. The summed E-state index contributed by atoms with van der Waals surface area (Å²) in [6.07, 6.45) is 4.00. The molecule has 0 saturated heterocycles. The van der Waals surface area contributed by atoms with Gasteiger partial charge in [-0.2, -0.15) is 0 Å². The Labute approximate surface area is 214 Å². The molecule has 0 aromatic carbocycles. The molecule has 0 spiro atoms. The number of nitrogens with one attached hydrogen (secondary N) is 3. The van der Waals surface area contributed by atoms with E-state index in [1.54, 1.807) is 0 Å². The molecule has 0 unspecified atom stereocenters. The molecule has 210 valence electrons. The molecule has 3 amide bonds. The fraction of sp³-hybridized carbons (Fsp3) is 0.750. The number of alkyl carbamates (subject to hydrolysis) is 3. The van der Waals surface area contributed by atoms with E-state index in [0.29, 0.717) is 77.4 Å². The fourth-order valence-corrected chi connectivity index (χ4v) is 2.17. The summed E-state index contributed by atoms with van der Waals surface area (Å²) in [7, 11) is 3.94. The van der Waals surface area contributed by atoms with E-state index in [0.717, 1.165) is 0 Å². The number of carbonyl (C=O) groups excluding carboxylic acids is 6. The van der Waals surface area contributed by atoms with Crippen molar-refractivity contribution in [1.29, 1.82) is 0 Å². The van der Waals surface area contributed by atoms with Crippen LogP contribution in [0.25, 0.3) is 0 Å². The average Bonchev–Trinajstić information content (AvgIpc) is 2.90. The number of rotatable bonds is 15. The lowest BCUT2D eigenvalue weighted by molar-refractivity contribution is -0.119. The quantitative estimate of drug-likeness (QED) is 0.217. The molecular formula is C24H45N3O9. The van der Waals surface area contributed by atoms with Crippen LogP contribution in [0.5, 0.6) is 0 Å². The van der Waals surface area contributed by atoms with Crippen LogP contribution in [0.15, 0.2) is 0 Å². The van der Waals surface area contributed by atoms with Crippen molar-refractivity contribution in [3.63, 3.8) is 0 Å². The highest BCUT2D eigenvalue weighted by atomic mass is 16.5. The van der Waals surface area contributed by atoms with E-state index < -0.39 is 18.3 Å². The van der Waals surface area contributed by atoms with Crippen molar-refractivity contribution in [2.24, 2.45) is 0 Å². The molecule has 0 heterocycles. The Balaban J connectivity index is -0.000000454. The van der Waals surface area contributed by atoms with E-state index in [1.165, 1.54) is 21.3 Å².